The first kappa shape index (κ1) is 15.1. The van der Waals surface area contributed by atoms with Gasteiger partial charge in [-0.05, 0) is 0 Å². The quantitative estimate of drug-likeness (QED) is 0.658. The molecular weight excluding hydrogens is 241 g/mol. The molecule has 2 N–H and O–H groups in total. The second-order valence-electron chi connectivity index (χ2n) is 1.53. The number of hydrogen-bond acceptors (Lipinski definition) is 4. The molecule has 0 aromatic carbocycles. The van der Waals surface area contributed by atoms with Crippen molar-refractivity contribution in [3.8, 4) is 0 Å². The second kappa shape index (κ2) is 5.36. The second-order valence-corrected chi connectivity index (χ2v) is 4.80. The Morgan fingerprint density at radius 1 is 0.923 bits per heavy atom. The highest BCUT2D eigenvalue weighted by Gasteiger charge is 2.15. The van der Waals surface area contributed by atoms with E-state index in [1.54, 1.807) is 0 Å². The van der Waals surface area contributed by atoms with E-state index in [0.717, 1.165) is 0 Å². The van der Waals surface area contributed by atoms with Crippen molar-refractivity contribution in [3.05, 3.63) is 0 Å². The monoisotopic (exact) mass is 246 g/mol. The van der Waals surface area contributed by atoms with Gasteiger partial charge in [-0.25, -0.2) is 0 Å². The van der Waals surface area contributed by atoms with E-state index in [1.165, 1.54) is 0 Å². The zero-order valence-electron chi connectivity index (χ0n) is 5.76. The molecule has 0 spiro atoms. The smallest absolute Gasteiger partial charge is 0.285 e. The highest BCUT2D eigenvalue weighted by atomic mass is 32.3. The van der Waals surface area contributed by atoms with E-state index in [0.29, 0.717) is 0 Å². The molecule has 0 aliphatic heterocycles. The zero-order valence-corrected chi connectivity index (χ0v) is 7.40. The lowest BCUT2D eigenvalue weighted by Crippen LogP contribution is -2.13. The molecule has 0 saturated carbocycles. The van der Waals surface area contributed by atoms with Crippen LogP contribution in [0.1, 0.15) is 0 Å². The summed E-state index contributed by atoms with van der Waals surface area (Å²) in [5.74, 6) is 0. The van der Waals surface area contributed by atoms with E-state index >= 15 is 0 Å². The molecule has 0 aliphatic rings. The summed E-state index contributed by atoms with van der Waals surface area (Å²) in [5, 5.41) is -1.65. The molecule has 82 valence electrons. The van der Waals surface area contributed by atoms with Crippen LogP contribution in [-0.4, -0.2) is 37.7 Å². The van der Waals surface area contributed by atoms with Crippen molar-refractivity contribution in [1.29, 1.82) is 0 Å². The first-order valence-electron chi connectivity index (χ1n) is 2.26. The van der Waals surface area contributed by atoms with Crippen LogP contribution in [0.5, 0.6) is 0 Å². The van der Waals surface area contributed by atoms with E-state index in [2.05, 4.69) is 0 Å². The third-order valence-corrected chi connectivity index (χ3v) is 2.68. The highest BCUT2D eigenvalue weighted by molar-refractivity contribution is 8.02. The van der Waals surface area contributed by atoms with Gasteiger partial charge in [-0.1, -0.05) is 0 Å². The van der Waals surface area contributed by atoms with E-state index in [9.17, 15) is 30.0 Å². The van der Waals surface area contributed by atoms with Crippen LogP contribution in [0.25, 0.3) is 0 Å². The summed E-state index contributed by atoms with van der Waals surface area (Å²) in [6.45, 7) is -3.67. The van der Waals surface area contributed by atoms with Crippen LogP contribution >= 0.6 is 0 Å². The van der Waals surface area contributed by atoms with Gasteiger partial charge in [0, 0.05) is 0 Å². The fraction of sp³-hybridized carbons (Fsp3) is 1.00. The Balaban J connectivity index is 0. The topological polar surface area (TPSA) is 109 Å². The molecule has 0 unspecified atom stereocenters. The molecule has 0 aromatic rings. The third kappa shape index (κ3) is 34.1. The molecule has 0 rings (SSSR count). The molecule has 0 fully saturated rings. The minimum atomic E-state index is -4.62. The molecule has 11 heteroatoms. The van der Waals surface area contributed by atoms with Gasteiger partial charge in [-0.15, -0.1) is 0 Å². The Morgan fingerprint density at radius 2 is 1.08 bits per heavy atom. The molecule has 0 bridgehead atoms. The standard InChI is InChI=1S/CHF3.CH4O6S2/c2-1(3)4;2-8(3,4)1-9(5,6)7/h1H;1H2,(H,2,3,4)(H,5,6,7). The Bertz CT molecular complexity index is 283. The van der Waals surface area contributed by atoms with Crippen LogP contribution in [-0.2, 0) is 20.2 Å². The van der Waals surface area contributed by atoms with Gasteiger partial charge < -0.3 is 0 Å². The van der Waals surface area contributed by atoms with Crippen molar-refractivity contribution < 1.29 is 39.1 Å². The largest absolute Gasteiger partial charge is 0.379 e. The summed E-state index contributed by atoms with van der Waals surface area (Å²) in [6, 6.07) is 0. The maximum Gasteiger partial charge on any atom is 0.379 e. The first-order valence-corrected chi connectivity index (χ1v) is 5.48. The molecule has 0 amide bonds. The van der Waals surface area contributed by atoms with E-state index < -0.39 is 32.0 Å². The fourth-order valence-electron chi connectivity index (χ4n) is 0.188. The van der Waals surface area contributed by atoms with Gasteiger partial charge in [0.2, 0.25) is 5.08 Å². The normalized spacial score (nSPS) is 12.2. The van der Waals surface area contributed by atoms with Crippen molar-refractivity contribution in [2.24, 2.45) is 0 Å². The Labute approximate surface area is 71.9 Å². The molecule has 0 radical (unpaired) electrons. The number of hydrogen-bond donors (Lipinski definition) is 2. The van der Waals surface area contributed by atoms with Crippen molar-refractivity contribution >= 4 is 20.2 Å². The van der Waals surface area contributed by atoms with Gasteiger partial charge in [0.1, 0.15) is 0 Å². The van der Waals surface area contributed by atoms with E-state index in [-0.39, 0.29) is 0 Å². The summed E-state index contributed by atoms with van der Waals surface area (Å²) in [4.78, 5) is 0. The van der Waals surface area contributed by atoms with Gasteiger partial charge in [0.25, 0.3) is 20.2 Å². The molecule has 0 aliphatic carbocycles. The van der Waals surface area contributed by atoms with Crippen LogP contribution in [0.3, 0.4) is 0 Å². The van der Waals surface area contributed by atoms with Crippen LogP contribution in [0.2, 0.25) is 0 Å². The lowest BCUT2D eigenvalue weighted by molar-refractivity contribution is 0.00819. The third-order valence-electron chi connectivity index (χ3n) is 0.298. The minimum Gasteiger partial charge on any atom is -0.285 e. The fourth-order valence-corrected chi connectivity index (χ4v) is 1.69. The van der Waals surface area contributed by atoms with Crippen molar-refractivity contribution in [2.75, 3.05) is 5.08 Å². The molecule has 6 nitrogen and oxygen atoms in total. The Kier molecular flexibility index (Phi) is 6.23. The molecular formula is C2H5F3O6S2. The van der Waals surface area contributed by atoms with E-state index in [1.807, 2.05) is 0 Å². The lowest BCUT2D eigenvalue weighted by atomic mass is 11.6. The highest BCUT2D eigenvalue weighted by Crippen LogP contribution is 1.88. The predicted molar refractivity (Wildman–Crippen MR) is 35.1 cm³/mol. The summed E-state index contributed by atoms with van der Waals surface area (Å²) in [5.41, 5.74) is 0. The van der Waals surface area contributed by atoms with Crippen LogP contribution in [0.4, 0.5) is 13.2 Å². The van der Waals surface area contributed by atoms with Gasteiger partial charge >= 0.3 is 6.68 Å². The average Bonchev–Trinajstić information content (AvgIpc) is 1.47. The summed E-state index contributed by atoms with van der Waals surface area (Å²) in [7, 11) is -9.24. The average molecular weight is 246 g/mol. The van der Waals surface area contributed by atoms with Gasteiger partial charge in [-0.3, -0.25) is 9.11 Å². The lowest BCUT2D eigenvalue weighted by Gasteiger charge is -1.89. The molecule has 0 saturated heterocycles. The number of alkyl halides is 3. The predicted octanol–water partition coefficient (Wildman–Crippen LogP) is -0.102. The maximum absolute atomic E-state index is 9.67. The van der Waals surface area contributed by atoms with Crippen LogP contribution < -0.4 is 0 Å². The van der Waals surface area contributed by atoms with Crippen molar-refractivity contribution in [1.82, 2.24) is 0 Å². The number of rotatable bonds is 2. The molecule has 13 heavy (non-hydrogen) atoms. The summed E-state index contributed by atoms with van der Waals surface area (Å²) < 4.78 is 83.2. The number of halogens is 3. The van der Waals surface area contributed by atoms with Gasteiger partial charge in [0.15, 0.2) is 0 Å². The minimum absolute atomic E-state index is 1.65. The van der Waals surface area contributed by atoms with E-state index in [4.69, 9.17) is 9.11 Å². The first-order chi connectivity index (χ1) is 5.44. The van der Waals surface area contributed by atoms with Crippen LogP contribution in [0, 0.1) is 0 Å². The molecule has 0 atom stereocenters. The SMILES string of the molecule is FC(F)F.O=S(=O)(O)CS(=O)(=O)O. The van der Waals surface area contributed by atoms with Gasteiger partial charge in [-0.2, -0.15) is 30.0 Å². The Hall–Kier alpha value is -0.390. The zero-order chi connectivity index (χ0) is 11.3. The van der Waals surface area contributed by atoms with Gasteiger partial charge in [0.05, 0.1) is 0 Å². The van der Waals surface area contributed by atoms with Crippen LogP contribution in [0.15, 0.2) is 0 Å². The van der Waals surface area contributed by atoms with Crippen molar-refractivity contribution in [2.45, 2.75) is 6.68 Å². The molecule has 0 heterocycles. The van der Waals surface area contributed by atoms with Crippen molar-refractivity contribution in [3.63, 3.8) is 0 Å². The Morgan fingerprint density at radius 3 is 1.08 bits per heavy atom. The summed E-state index contributed by atoms with van der Waals surface area (Å²) in [6.07, 6.45) is 0. The summed E-state index contributed by atoms with van der Waals surface area (Å²) >= 11 is 0. The molecule has 0 aromatic heterocycles. The maximum atomic E-state index is 9.67.